The summed E-state index contributed by atoms with van der Waals surface area (Å²) in [4.78, 5) is 22.7. The summed E-state index contributed by atoms with van der Waals surface area (Å²) in [5.41, 5.74) is 2.35. The minimum absolute atomic E-state index is 0.0377. The van der Waals surface area contributed by atoms with Gasteiger partial charge in [-0.25, -0.2) is 0 Å². The molecule has 0 bridgehead atoms. The number of para-hydroxylation sites is 2. The highest BCUT2D eigenvalue weighted by atomic mass is 32.2. The molecule has 1 aromatic heterocycles. The monoisotopic (exact) mass is 427 g/mol. The lowest BCUT2D eigenvalue weighted by Gasteiger charge is -2.08. The van der Waals surface area contributed by atoms with Crippen LogP contribution < -0.4 is 10.1 Å². The molecule has 1 N–H and O–H groups in total. The number of nitrogens with zero attached hydrogens (tertiary/aromatic N) is 4. The first-order valence-electron chi connectivity index (χ1n) is 9.09. The van der Waals surface area contributed by atoms with Crippen molar-refractivity contribution in [2.45, 2.75) is 25.6 Å². The third-order valence-electron chi connectivity index (χ3n) is 4.48. The highest BCUT2D eigenvalue weighted by molar-refractivity contribution is 7.99. The Morgan fingerprint density at radius 1 is 1.20 bits per heavy atom. The van der Waals surface area contributed by atoms with Crippen molar-refractivity contribution in [3.63, 3.8) is 0 Å². The first-order chi connectivity index (χ1) is 14.3. The van der Waals surface area contributed by atoms with Gasteiger partial charge in [-0.15, -0.1) is 10.2 Å². The smallest absolute Gasteiger partial charge is 0.292 e. The number of nitro benzene ring substituents is 1. The number of carbonyl (C=O) groups is 1. The Morgan fingerprint density at radius 3 is 2.70 bits per heavy atom. The number of aryl methyl sites for hydroxylation is 2. The van der Waals surface area contributed by atoms with Crippen molar-refractivity contribution in [1.29, 1.82) is 0 Å². The van der Waals surface area contributed by atoms with Gasteiger partial charge < -0.3 is 14.6 Å². The third-order valence-corrected chi connectivity index (χ3v) is 5.50. The van der Waals surface area contributed by atoms with Crippen LogP contribution in [0.25, 0.3) is 0 Å². The van der Waals surface area contributed by atoms with Crippen LogP contribution in [-0.4, -0.2) is 31.3 Å². The van der Waals surface area contributed by atoms with E-state index in [-0.39, 0.29) is 29.6 Å². The predicted molar refractivity (Wildman–Crippen MR) is 114 cm³/mol. The van der Waals surface area contributed by atoms with E-state index in [1.807, 2.05) is 32.0 Å². The van der Waals surface area contributed by atoms with Gasteiger partial charge in [-0.1, -0.05) is 30.0 Å². The minimum Gasteiger partial charge on any atom is -0.486 e. The lowest BCUT2D eigenvalue weighted by molar-refractivity contribution is -0.383. The van der Waals surface area contributed by atoms with Gasteiger partial charge in [0.1, 0.15) is 18.0 Å². The maximum absolute atomic E-state index is 12.2. The van der Waals surface area contributed by atoms with Gasteiger partial charge in [-0.2, -0.15) is 0 Å². The van der Waals surface area contributed by atoms with E-state index in [9.17, 15) is 14.9 Å². The molecular weight excluding hydrogens is 406 g/mol. The molecule has 0 spiro atoms. The first kappa shape index (κ1) is 21.3. The first-order valence-corrected chi connectivity index (χ1v) is 10.1. The van der Waals surface area contributed by atoms with Crippen LogP contribution >= 0.6 is 11.8 Å². The molecule has 10 heteroatoms. The summed E-state index contributed by atoms with van der Waals surface area (Å²) in [6, 6.07) is 11.9. The van der Waals surface area contributed by atoms with Gasteiger partial charge in [-0.05, 0) is 43.2 Å². The Bertz CT molecular complexity index is 1080. The van der Waals surface area contributed by atoms with Crippen LogP contribution in [0.2, 0.25) is 0 Å². The number of amides is 1. The molecule has 0 radical (unpaired) electrons. The molecule has 0 aliphatic carbocycles. The van der Waals surface area contributed by atoms with Crippen LogP contribution in [0.15, 0.2) is 47.6 Å². The highest BCUT2D eigenvalue weighted by Gasteiger charge is 2.16. The van der Waals surface area contributed by atoms with Crippen molar-refractivity contribution in [3.05, 3.63) is 69.5 Å². The number of nitrogens with one attached hydrogen (secondary N) is 1. The molecule has 0 aliphatic heterocycles. The number of hydrogen-bond donors (Lipinski definition) is 1. The van der Waals surface area contributed by atoms with Gasteiger partial charge in [-0.3, -0.25) is 14.9 Å². The number of rotatable bonds is 8. The Kier molecular flexibility index (Phi) is 6.68. The van der Waals surface area contributed by atoms with Crippen LogP contribution in [0.3, 0.4) is 0 Å². The number of ether oxygens (including phenoxy) is 1. The van der Waals surface area contributed by atoms with Crippen LogP contribution in [0.1, 0.15) is 17.0 Å². The lowest BCUT2D eigenvalue weighted by atomic mass is 10.1. The van der Waals surface area contributed by atoms with E-state index in [1.165, 1.54) is 29.5 Å². The summed E-state index contributed by atoms with van der Waals surface area (Å²) in [7, 11) is 1.79. The zero-order valence-corrected chi connectivity index (χ0v) is 17.6. The third kappa shape index (κ3) is 5.15. The van der Waals surface area contributed by atoms with Crippen LogP contribution in [-0.2, 0) is 18.4 Å². The maximum atomic E-state index is 12.2. The fourth-order valence-corrected chi connectivity index (χ4v) is 3.33. The minimum atomic E-state index is -0.534. The molecule has 1 heterocycles. The molecule has 0 atom stereocenters. The second-order valence-corrected chi connectivity index (χ2v) is 7.55. The molecular formula is C20H21N5O4S. The molecule has 1 amide bonds. The van der Waals surface area contributed by atoms with Crippen molar-refractivity contribution in [1.82, 2.24) is 14.8 Å². The number of thioether (sulfide) groups is 1. The standard InChI is InChI=1S/C20H21N5O4S/c1-13-8-9-15(10-14(13)2)29-11-18-22-23-20(24(18)3)30-12-19(26)21-16-6-4-5-7-17(16)25(27)28/h4-10H,11-12H2,1-3H3,(H,21,26). The van der Waals surface area contributed by atoms with Gasteiger partial charge >= 0.3 is 0 Å². The summed E-state index contributed by atoms with van der Waals surface area (Å²) in [5.74, 6) is 1.04. The number of anilines is 1. The quantitative estimate of drug-likeness (QED) is 0.332. The van der Waals surface area contributed by atoms with Crippen molar-refractivity contribution in [3.8, 4) is 5.75 Å². The molecule has 30 heavy (non-hydrogen) atoms. The van der Waals surface area contributed by atoms with E-state index in [0.717, 1.165) is 11.3 Å². The Morgan fingerprint density at radius 2 is 1.97 bits per heavy atom. The number of carbonyl (C=O) groups excluding carboxylic acids is 1. The molecule has 0 unspecified atom stereocenters. The summed E-state index contributed by atoms with van der Waals surface area (Å²) in [6.07, 6.45) is 0. The van der Waals surface area contributed by atoms with Gasteiger partial charge in [0.05, 0.1) is 10.7 Å². The molecule has 0 saturated heterocycles. The van der Waals surface area contributed by atoms with Crippen LogP contribution in [0.4, 0.5) is 11.4 Å². The van der Waals surface area contributed by atoms with Crippen molar-refractivity contribution < 1.29 is 14.5 Å². The average molecular weight is 427 g/mol. The number of nitro groups is 1. The van der Waals surface area contributed by atoms with Gasteiger partial charge in [0.2, 0.25) is 5.91 Å². The fourth-order valence-electron chi connectivity index (χ4n) is 2.60. The highest BCUT2D eigenvalue weighted by Crippen LogP contribution is 2.24. The largest absolute Gasteiger partial charge is 0.486 e. The lowest BCUT2D eigenvalue weighted by Crippen LogP contribution is -2.15. The van der Waals surface area contributed by atoms with E-state index >= 15 is 0 Å². The Balaban J connectivity index is 1.56. The molecule has 0 aliphatic rings. The molecule has 3 rings (SSSR count). The normalized spacial score (nSPS) is 10.6. The zero-order valence-electron chi connectivity index (χ0n) is 16.8. The van der Waals surface area contributed by atoms with E-state index < -0.39 is 4.92 Å². The predicted octanol–water partition coefficient (Wildman–Crippen LogP) is 3.65. The van der Waals surface area contributed by atoms with E-state index in [2.05, 4.69) is 15.5 Å². The summed E-state index contributed by atoms with van der Waals surface area (Å²) in [6.45, 7) is 4.31. The second-order valence-electron chi connectivity index (χ2n) is 6.60. The zero-order chi connectivity index (χ0) is 21.7. The molecule has 3 aromatic rings. The van der Waals surface area contributed by atoms with Crippen molar-refractivity contribution >= 4 is 29.0 Å². The average Bonchev–Trinajstić information content (AvgIpc) is 3.07. The SMILES string of the molecule is Cc1ccc(OCc2nnc(SCC(=O)Nc3ccccc3[N+](=O)[O-])n2C)cc1C. The topological polar surface area (TPSA) is 112 Å². The van der Waals surface area contributed by atoms with Crippen molar-refractivity contribution in [2.75, 3.05) is 11.1 Å². The Hall–Kier alpha value is -3.40. The molecule has 0 fully saturated rings. The number of hydrogen-bond acceptors (Lipinski definition) is 7. The summed E-state index contributed by atoms with van der Waals surface area (Å²) >= 11 is 1.19. The van der Waals surface area contributed by atoms with E-state index in [0.29, 0.717) is 11.0 Å². The summed E-state index contributed by atoms with van der Waals surface area (Å²) < 4.78 is 7.54. The van der Waals surface area contributed by atoms with E-state index in [4.69, 9.17) is 4.74 Å². The van der Waals surface area contributed by atoms with Gasteiger partial charge in [0.25, 0.3) is 5.69 Å². The maximum Gasteiger partial charge on any atom is 0.292 e. The van der Waals surface area contributed by atoms with Gasteiger partial charge in [0, 0.05) is 13.1 Å². The Labute approximate surface area is 177 Å². The van der Waals surface area contributed by atoms with Crippen LogP contribution in [0.5, 0.6) is 5.75 Å². The molecule has 9 nitrogen and oxygen atoms in total. The molecule has 0 saturated carbocycles. The molecule has 156 valence electrons. The van der Waals surface area contributed by atoms with Crippen molar-refractivity contribution in [2.24, 2.45) is 7.05 Å². The van der Waals surface area contributed by atoms with Gasteiger partial charge in [0.15, 0.2) is 11.0 Å². The number of benzene rings is 2. The van der Waals surface area contributed by atoms with Crippen LogP contribution in [0, 0.1) is 24.0 Å². The fraction of sp³-hybridized carbons (Fsp3) is 0.250. The summed E-state index contributed by atoms with van der Waals surface area (Å²) in [5, 5.41) is 22.4. The number of aromatic nitrogens is 3. The van der Waals surface area contributed by atoms with E-state index in [1.54, 1.807) is 23.7 Å². The second kappa shape index (κ2) is 9.40. The molecule has 2 aromatic carbocycles.